The van der Waals surface area contributed by atoms with Crippen molar-refractivity contribution in [1.29, 1.82) is 0 Å². The number of benzene rings is 1. The lowest BCUT2D eigenvalue weighted by atomic mass is 10.2. The van der Waals surface area contributed by atoms with Crippen LogP contribution in [0.4, 0.5) is 11.4 Å². The molecule has 0 fully saturated rings. The van der Waals surface area contributed by atoms with Crippen molar-refractivity contribution >= 4 is 23.0 Å². The molecule has 4 heteroatoms. The highest BCUT2D eigenvalue weighted by molar-refractivity contribution is 6.12. The van der Waals surface area contributed by atoms with Gasteiger partial charge in [-0.2, -0.15) is 5.10 Å². The summed E-state index contributed by atoms with van der Waals surface area (Å²) < 4.78 is 0. The number of hydrazone groups is 1. The number of nitrogens with zero attached hydrogens (tertiary/aromatic N) is 3. The summed E-state index contributed by atoms with van der Waals surface area (Å²) in [5, 5.41) is 5.70. The first kappa shape index (κ1) is 10.7. The maximum Gasteiger partial charge on any atom is 0.253 e. The number of carbonyl (C=O) groups excluding carboxylic acids is 1. The normalized spacial score (nSPS) is 15.3. The second-order valence-electron chi connectivity index (χ2n) is 4.13. The van der Waals surface area contributed by atoms with Gasteiger partial charge in [-0.3, -0.25) is 4.79 Å². The zero-order valence-corrected chi connectivity index (χ0v) is 9.77. The van der Waals surface area contributed by atoms with E-state index in [9.17, 15) is 4.79 Å². The Hall–Kier alpha value is -1.84. The Balaban J connectivity index is 2.34. The predicted molar refractivity (Wildman–Crippen MR) is 66.0 cm³/mol. The number of hydrogen-bond donors (Lipinski definition) is 0. The minimum atomic E-state index is 0.0356. The molecule has 0 spiro atoms. The second kappa shape index (κ2) is 3.96. The van der Waals surface area contributed by atoms with E-state index < -0.39 is 0 Å². The molecule has 84 valence electrons. The van der Waals surface area contributed by atoms with E-state index in [4.69, 9.17) is 0 Å². The van der Waals surface area contributed by atoms with E-state index in [1.807, 2.05) is 50.2 Å². The van der Waals surface area contributed by atoms with Gasteiger partial charge in [-0.25, -0.2) is 5.01 Å². The molecule has 1 aromatic rings. The summed E-state index contributed by atoms with van der Waals surface area (Å²) in [6.45, 7) is 1.87. The van der Waals surface area contributed by atoms with Crippen molar-refractivity contribution in [2.45, 2.75) is 13.3 Å². The van der Waals surface area contributed by atoms with Gasteiger partial charge in [0.2, 0.25) is 0 Å². The van der Waals surface area contributed by atoms with Gasteiger partial charge >= 0.3 is 0 Å². The lowest BCUT2D eigenvalue weighted by molar-refractivity contribution is -0.116. The molecule has 1 aliphatic heterocycles. The van der Waals surface area contributed by atoms with Gasteiger partial charge in [-0.1, -0.05) is 6.07 Å². The molecule has 1 amide bonds. The summed E-state index contributed by atoms with van der Waals surface area (Å²) in [6, 6.07) is 7.79. The highest BCUT2D eigenvalue weighted by Gasteiger charge is 2.22. The van der Waals surface area contributed by atoms with Gasteiger partial charge in [0, 0.05) is 25.5 Å². The standard InChI is InChI=1S/C12H15N3O/c1-9-7-12(16)15(13-9)11-6-4-5-10(8-11)14(2)3/h4-6,8H,7H2,1-3H3. The summed E-state index contributed by atoms with van der Waals surface area (Å²) in [5.41, 5.74) is 2.75. The maximum atomic E-state index is 11.7. The van der Waals surface area contributed by atoms with E-state index in [2.05, 4.69) is 5.10 Å². The SMILES string of the molecule is CC1=NN(c2cccc(N(C)C)c2)C(=O)C1. The third-order valence-electron chi connectivity index (χ3n) is 2.50. The Kier molecular flexibility index (Phi) is 2.64. The average molecular weight is 217 g/mol. The molecule has 0 atom stereocenters. The largest absolute Gasteiger partial charge is 0.378 e. The minimum Gasteiger partial charge on any atom is -0.378 e. The zero-order valence-electron chi connectivity index (χ0n) is 9.77. The fraction of sp³-hybridized carbons (Fsp3) is 0.333. The van der Waals surface area contributed by atoms with E-state index in [1.54, 1.807) is 0 Å². The Morgan fingerprint density at radius 3 is 2.69 bits per heavy atom. The molecule has 0 unspecified atom stereocenters. The van der Waals surface area contributed by atoms with Crippen molar-refractivity contribution in [2.75, 3.05) is 24.0 Å². The third kappa shape index (κ3) is 1.91. The molecule has 4 nitrogen and oxygen atoms in total. The first-order valence-electron chi connectivity index (χ1n) is 5.22. The van der Waals surface area contributed by atoms with Crippen LogP contribution >= 0.6 is 0 Å². The fourth-order valence-corrected chi connectivity index (χ4v) is 1.66. The quantitative estimate of drug-likeness (QED) is 0.758. The van der Waals surface area contributed by atoms with Crippen molar-refractivity contribution < 1.29 is 4.79 Å². The molecule has 0 aliphatic carbocycles. The molecule has 1 aromatic carbocycles. The Morgan fingerprint density at radius 1 is 1.38 bits per heavy atom. The van der Waals surface area contributed by atoms with Crippen LogP contribution in [0.2, 0.25) is 0 Å². The highest BCUT2D eigenvalue weighted by atomic mass is 16.2. The van der Waals surface area contributed by atoms with E-state index in [-0.39, 0.29) is 5.91 Å². The van der Waals surface area contributed by atoms with Crippen LogP contribution in [0, 0.1) is 0 Å². The van der Waals surface area contributed by atoms with Crippen LogP contribution in [0.25, 0.3) is 0 Å². The molecular formula is C12H15N3O. The molecule has 16 heavy (non-hydrogen) atoms. The molecule has 0 N–H and O–H groups in total. The van der Waals surface area contributed by atoms with Gasteiger partial charge in [-0.15, -0.1) is 0 Å². The molecule has 1 heterocycles. The van der Waals surface area contributed by atoms with Gasteiger partial charge in [0.15, 0.2) is 0 Å². The van der Waals surface area contributed by atoms with Crippen molar-refractivity contribution in [3.05, 3.63) is 24.3 Å². The van der Waals surface area contributed by atoms with Crippen LogP contribution in [0.5, 0.6) is 0 Å². The van der Waals surface area contributed by atoms with Crippen LogP contribution in [-0.4, -0.2) is 25.7 Å². The Labute approximate surface area is 95.2 Å². The third-order valence-corrected chi connectivity index (χ3v) is 2.50. The zero-order chi connectivity index (χ0) is 11.7. The van der Waals surface area contributed by atoms with Gasteiger partial charge in [0.1, 0.15) is 0 Å². The topological polar surface area (TPSA) is 35.9 Å². The number of anilines is 2. The summed E-state index contributed by atoms with van der Waals surface area (Å²) >= 11 is 0. The monoisotopic (exact) mass is 217 g/mol. The molecular weight excluding hydrogens is 202 g/mol. The smallest absolute Gasteiger partial charge is 0.253 e. The summed E-state index contributed by atoms with van der Waals surface area (Å²) in [5.74, 6) is 0.0356. The Morgan fingerprint density at radius 2 is 2.12 bits per heavy atom. The minimum absolute atomic E-state index is 0.0356. The van der Waals surface area contributed by atoms with Crippen molar-refractivity contribution in [1.82, 2.24) is 0 Å². The summed E-state index contributed by atoms with van der Waals surface area (Å²) in [7, 11) is 3.94. The lowest BCUT2D eigenvalue weighted by Crippen LogP contribution is -2.20. The van der Waals surface area contributed by atoms with E-state index in [0.29, 0.717) is 6.42 Å². The summed E-state index contributed by atoms with van der Waals surface area (Å²) in [4.78, 5) is 13.7. The molecule has 2 rings (SSSR count). The second-order valence-corrected chi connectivity index (χ2v) is 4.13. The molecule has 0 saturated heterocycles. The maximum absolute atomic E-state index is 11.7. The van der Waals surface area contributed by atoms with Crippen LogP contribution in [0.3, 0.4) is 0 Å². The van der Waals surface area contributed by atoms with Gasteiger partial charge in [0.25, 0.3) is 5.91 Å². The molecule has 0 radical (unpaired) electrons. The highest BCUT2D eigenvalue weighted by Crippen LogP contribution is 2.24. The van der Waals surface area contributed by atoms with E-state index in [0.717, 1.165) is 17.1 Å². The summed E-state index contributed by atoms with van der Waals surface area (Å²) in [6.07, 6.45) is 0.423. The molecule has 0 saturated carbocycles. The van der Waals surface area contributed by atoms with E-state index in [1.165, 1.54) is 5.01 Å². The first-order valence-corrected chi connectivity index (χ1v) is 5.22. The fourth-order valence-electron chi connectivity index (χ4n) is 1.66. The van der Waals surface area contributed by atoms with Gasteiger partial charge in [-0.05, 0) is 25.1 Å². The molecule has 0 bridgehead atoms. The predicted octanol–water partition coefficient (Wildman–Crippen LogP) is 1.87. The van der Waals surface area contributed by atoms with Crippen molar-refractivity contribution in [2.24, 2.45) is 5.10 Å². The van der Waals surface area contributed by atoms with Crippen LogP contribution in [0.15, 0.2) is 29.4 Å². The number of rotatable bonds is 2. The average Bonchev–Trinajstić information content (AvgIpc) is 2.58. The molecule has 0 aromatic heterocycles. The number of carbonyl (C=O) groups is 1. The van der Waals surface area contributed by atoms with Crippen LogP contribution in [-0.2, 0) is 4.79 Å². The van der Waals surface area contributed by atoms with Crippen molar-refractivity contribution in [3.8, 4) is 0 Å². The van der Waals surface area contributed by atoms with Crippen molar-refractivity contribution in [3.63, 3.8) is 0 Å². The van der Waals surface area contributed by atoms with Crippen LogP contribution < -0.4 is 9.91 Å². The number of amides is 1. The Bertz CT molecular complexity index is 451. The lowest BCUT2D eigenvalue weighted by Gasteiger charge is -2.16. The van der Waals surface area contributed by atoms with Crippen LogP contribution in [0.1, 0.15) is 13.3 Å². The first-order chi connectivity index (χ1) is 7.58. The number of hydrogen-bond acceptors (Lipinski definition) is 3. The molecule has 1 aliphatic rings. The van der Waals surface area contributed by atoms with Gasteiger partial charge in [0.05, 0.1) is 12.1 Å². The van der Waals surface area contributed by atoms with E-state index >= 15 is 0 Å². The van der Waals surface area contributed by atoms with Gasteiger partial charge < -0.3 is 4.90 Å².